The highest BCUT2D eigenvalue weighted by Crippen LogP contribution is 2.28. The average Bonchev–Trinajstić information content (AvgIpc) is 2.69. The second-order valence-electron chi connectivity index (χ2n) is 3.20. The molecule has 78 valence electrons. The van der Waals surface area contributed by atoms with Crippen LogP contribution in [0, 0.1) is 11.6 Å². The summed E-state index contributed by atoms with van der Waals surface area (Å²) in [7, 11) is 0. The van der Waals surface area contributed by atoms with Crippen LogP contribution in [0.15, 0.2) is 23.3 Å². The highest BCUT2D eigenvalue weighted by Gasteiger charge is 2.25. The molecule has 15 heavy (non-hydrogen) atoms. The summed E-state index contributed by atoms with van der Waals surface area (Å²) in [5.74, 6) is -1.05. The number of carbonyl (C=O) groups excluding carboxylic acids is 1. The van der Waals surface area contributed by atoms with Crippen molar-refractivity contribution in [2.75, 3.05) is 0 Å². The highest BCUT2D eigenvalue weighted by atomic mass is 19.1. The van der Waals surface area contributed by atoms with E-state index in [4.69, 9.17) is 0 Å². The Kier molecular flexibility index (Phi) is 2.45. The van der Waals surface area contributed by atoms with E-state index >= 15 is 0 Å². The minimum atomic E-state index is -0.529. The van der Waals surface area contributed by atoms with Crippen LogP contribution in [-0.2, 0) is 4.79 Å². The molecule has 3 nitrogen and oxygen atoms in total. The molecule has 0 bridgehead atoms. The molecule has 1 atom stereocenters. The summed E-state index contributed by atoms with van der Waals surface area (Å²) >= 11 is 0. The Labute approximate surface area is 85.0 Å². The maximum atomic E-state index is 13.4. The van der Waals surface area contributed by atoms with Crippen LogP contribution >= 0.6 is 0 Å². The zero-order valence-corrected chi connectivity index (χ0v) is 7.73. The van der Waals surface area contributed by atoms with Crippen LogP contribution in [0.1, 0.15) is 18.0 Å². The van der Waals surface area contributed by atoms with Gasteiger partial charge in [-0.3, -0.25) is 4.79 Å². The van der Waals surface area contributed by atoms with Gasteiger partial charge in [0.25, 0.3) is 0 Å². The summed E-state index contributed by atoms with van der Waals surface area (Å²) in [4.78, 5) is 10.6. The van der Waals surface area contributed by atoms with Gasteiger partial charge in [0.15, 0.2) is 0 Å². The molecule has 2 rings (SSSR count). The van der Waals surface area contributed by atoms with Crippen molar-refractivity contribution in [1.82, 2.24) is 5.01 Å². The van der Waals surface area contributed by atoms with Gasteiger partial charge in [0.05, 0.1) is 6.04 Å². The zero-order valence-electron chi connectivity index (χ0n) is 7.73. The third kappa shape index (κ3) is 1.72. The van der Waals surface area contributed by atoms with Gasteiger partial charge >= 0.3 is 0 Å². The molecule has 1 heterocycles. The number of hydrogen-bond donors (Lipinski definition) is 0. The molecule has 0 N–H and O–H groups in total. The van der Waals surface area contributed by atoms with Crippen molar-refractivity contribution >= 4 is 12.6 Å². The summed E-state index contributed by atoms with van der Waals surface area (Å²) in [6.07, 6.45) is 2.40. The van der Waals surface area contributed by atoms with Crippen LogP contribution in [0.5, 0.6) is 0 Å². The molecule has 1 amide bonds. The summed E-state index contributed by atoms with van der Waals surface area (Å²) < 4.78 is 26.3. The van der Waals surface area contributed by atoms with Crippen molar-refractivity contribution in [1.29, 1.82) is 0 Å². The van der Waals surface area contributed by atoms with Crippen molar-refractivity contribution in [3.05, 3.63) is 35.4 Å². The standard InChI is InChI=1S/C10H8F2N2O/c11-7-1-2-9(12)8(5-7)10-3-4-13-14(10)6-15/h1-2,4-6,10H,3H2. The Bertz CT molecular complexity index is 420. The molecule has 1 aromatic carbocycles. The van der Waals surface area contributed by atoms with Crippen molar-refractivity contribution in [2.45, 2.75) is 12.5 Å². The van der Waals surface area contributed by atoms with Gasteiger partial charge in [0.1, 0.15) is 11.6 Å². The van der Waals surface area contributed by atoms with Gasteiger partial charge in [0, 0.05) is 18.2 Å². The maximum absolute atomic E-state index is 13.4. The van der Waals surface area contributed by atoms with E-state index in [1.807, 2.05) is 0 Å². The number of benzene rings is 1. The van der Waals surface area contributed by atoms with Gasteiger partial charge < -0.3 is 0 Å². The van der Waals surface area contributed by atoms with Crippen LogP contribution in [0.25, 0.3) is 0 Å². The molecule has 1 aliphatic rings. The first kappa shape index (κ1) is 9.76. The fourth-order valence-electron chi connectivity index (χ4n) is 1.57. The monoisotopic (exact) mass is 210 g/mol. The molecule has 0 saturated carbocycles. The molecule has 5 heteroatoms. The topological polar surface area (TPSA) is 32.7 Å². The molecule has 0 spiro atoms. The number of rotatable bonds is 2. The SMILES string of the molecule is O=CN1N=CCC1c1cc(F)ccc1F. The van der Waals surface area contributed by atoms with Crippen molar-refractivity contribution in [3.63, 3.8) is 0 Å². The van der Waals surface area contributed by atoms with Crippen LogP contribution < -0.4 is 0 Å². The van der Waals surface area contributed by atoms with Gasteiger partial charge in [-0.25, -0.2) is 13.8 Å². The summed E-state index contributed by atoms with van der Waals surface area (Å²) in [6, 6.07) is 2.65. The molecule has 0 radical (unpaired) electrons. The predicted octanol–water partition coefficient (Wildman–Crippen LogP) is 1.85. The third-order valence-electron chi connectivity index (χ3n) is 2.29. The lowest BCUT2D eigenvalue weighted by Gasteiger charge is -2.17. The lowest BCUT2D eigenvalue weighted by atomic mass is 10.0. The van der Waals surface area contributed by atoms with E-state index < -0.39 is 17.7 Å². The average molecular weight is 210 g/mol. The first-order valence-electron chi connectivity index (χ1n) is 4.43. The normalized spacial score (nSPS) is 19.6. The quantitative estimate of drug-likeness (QED) is 0.685. The van der Waals surface area contributed by atoms with Gasteiger partial charge in [-0.1, -0.05) is 0 Å². The Hall–Kier alpha value is -1.78. The van der Waals surface area contributed by atoms with E-state index in [1.165, 1.54) is 6.21 Å². The second-order valence-corrected chi connectivity index (χ2v) is 3.20. The number of hydrogen-bond acceptors (Lipinski definition) is 2. The molecule has 0 aromatic heterocycles. The van der Waals surface area contributed by atoms with E-state index in [1.54, 1.807) is 0 Å². The number of carbonyl (C=O) groups is 1. The van der Waals surface area contributed by atoms with Gasteiger partial charge in [-0.2, -0.15) is 5.10 Å². The molecule has 1 unspecified atom stereocenters. The number of nitrogens with zero attached hydrogens (tertiary/aromatic N) is 2. The first-order chi connectivity index (χ1) is 7.22. The Morgan fingerprint density at radius 1 is 1.47 bits per heavy atom. The Morgan fingerprint density at radius 2 is 2.27 bits per heavy atom. The third-order valence-corrected chi connectivity index (χ3v) is 2.29. The molecule has 0 saturated heterocycles. The summed E-state index contributed by atoms with van der Waals surface area (Å²) in [6.45, 7) is 0. The molecule has 0 fully saturated rings. The fraction of sp³-hybridized carbons (Fsp3) is 0.200. The summed E-state index contributed by atoms with van der Waals surface area (Å²) in [5.41, 5.74) is 0.152. The molecular formula is C10H8F2N2O. The predicted molar refractivity (Wildman–Crippen MR) is 50.1 cm³/mol. The van der Waals surface area contributed by atoms with Crippen LogP contribution in [0.3, 0.4) is 0 Å². The first-order valence-corrected chi connectivity index (χ1v) is 4.43. The molecule has 1 aliphatic heterocycles. The minimum absolute atomic E-state index is 0.152. The van der Waals surface area contributed by atoms with E-state index in [0.717, 1.165) is 23.2 Å². The lowest BCUT2D eigenvalue weighted by Crippen LogP contribution is -2.18. The molecule has 0 aliphatic carbocycles. The van der Waals surface area contributed by atoms with Gasteiger partial charge in [0.2, 0.25) is 6.41 Å². The smallest absolute Gasteiger partial charge is 0.230 e. The Balaban J connectivity index is 2.37. The van der Waals surface area contributed by atoms with Crippen LogP contribution in [0.4, 0.5) is 8.78 Å². The zero-order chi connectivity index (χ0) is 10.8. The number of hydrazone groups is 1. The fourth-order valence-corrected chi connectivity index (χ4v) is 1.57. The maximum Gasteiger partial charge on any atom is 0.230 e. The largest absolute Gasteiger partial charge is 0.277 e. The van der Waals surface area contributed by atoms with Crippen molar-refractivity contribution < 1.29 is 13.6 Å². The summed E-state index contributed by atoms with van der Waals surface area (Å²) in [5, 5.41) is 4.82. The van der Waals surface area contributed by atoms with Crippen molar-refractivity contribution in [2.24, 2.45) is 5.10 Å². The Morgan fingerprint density at radius 3 is 3.00 bits per heavy atom. The number of halogens is 2. The number of amides is 1. The van der Waals surface area contributed by atoms with E-state index in [9.17, 15) is 13.6 Å². The molecule has 1 aromatic rings. The van der Waals surface area contributed by atoms with E-state index in [-0.39, 0.29) is 5.56 Å². The van der Waals surface area contributed by atoms with Gasteiger partial charge in [-0.15, -0.1) is 0 Å². The van der Waals surface area contributed by atoms with Crippen LogP contribution in [-0.4, -0.2) is 17.6 Å². The van der Waals surface area contributed by atoms with Crippen LogP contribution in [0.2, 0.25) is 0 Å². The molecular weight excluding hydrogens is 202 g/mol. The van der Waals surface area contributed by atoms with E-state index in [2.05, 4.69) is 5.10 Å². The van der Waals surface area contributed by atoms with Gasteiger partial charge in [-0.05, 0) is 18.2 Å². The van der Waals surface area contributed by atoms with Crippen molar-refractivity contribution in [3.8, 4) is 0 Å². The van der Waals surface area contributed by atoms with E-state index in [0.29, 0.717) is 12.8 Å². The lowest BCUT2D eigenvalue weighted by molar-refractivity contribution is -0.119. The highest BCUT2D eigenvalue weighted by molar-refractivity contribution is 5.65. The second kappa shape index (κ2) is 3.76. The minimum Gasteiger partial charge on any atom is -0.277 e.